The van der Waals surface area contributed by atoms with E-state index in [-0.39, 0.29) is 0 Å². The Bertz CT molecular complexity index is 176. The lowest BCUT2D eigenvalue weighted by Crippen LogP contribution is -2.45. The summed E-state index contributed by atoms with van der Waals surface area (Å²) in [7, 11) is 0. The lowest BCUT2D eigenvalue weighted by molar-refractivity contribution is -0.141. The smallest absolute Gasteiger partial charge is 0.324 e. The molecule has 0 aromatic heterocycles. The van der Waals surface area contributed by atoms with Crippen LogP contribution in [0, 0.1) is 0 Å². The van der Waals surface area contributed by atoms with Gasteiger partial charge in [-0.1, -0.05) is 6.92 Å². The number of carboxylic acids is 1. The number of alkyl halides is 1. The van der Waals surface area contributed by atoms with E-state index in [1.807, 2.05) is 0 Å². The summed E-state index contributed by atoms with van der Waals surface area (Å²) in [4.78, 5) is 11.9. The van der Waals surface area contributed by atoms with Crippen LogP contribution >= 0.6 is 11.6 Å². The summed E-state index contributed by atoms with van der Waals surface area (Å²) < 4.78 is 0. The van der Waals surface area contributed by atoms with Crippen LogP contribution in [0.2, 0.25) is 0 Å². The first-order valence-corrected chi connectivity index (χ1v) is 4.61. The van der Waals surface area contributed by atoms with E-state index < -0.39 is 10.8 Å². The molecule has 1 aliphatic rings. The predicted molar refractivity (Wildman–Crippen MR) is 47.6 cm³/mol. The molecule has 70 valence electrons. The second-order valence-corrected chi connectivity index (χ2v) is 3.93. The van der Waals surface area contributed by atoms with E-state index in [9.17, 15) is 4.79 Å². The van der Waals surface area contributed by atoms with Crippen molar-refractivity contribution in [2.45, 2.75) is 24.6 Å². The van der Waals surface area contributed by atoms with E-state index in [1.165, 1.54) is 0 Å². The monoisotopic (exact) mass is 191 g/mol. The fourth-order valence-corrected chi connectivity index (χ4v) is 1.61. The molecule has 0 unspecified atom stereocenters. The fraction of sp³-hybridized carbons (Fsp3) is 0.875. The summed E-state index contributed by atoms with van der Waals surface area (Å²) in [5, 5.41) is 8.81. The number of hydrogen-bond acceptors (Lipinski definition) is 2. The molecule has 0 radical (unpaired) electrons. The van der Waals surface area contributed by atoms with E-state index in [0.717, 1.165) is 19.6 Å². The Balaban J connectivity index is 2.49. The highest BCUT2D eigenvalue weighted by atomic mass is 35.5. The minimum atomic E-state index is -0.994. The zero-order valence-electron chi connectivity index (χ0n) is 7.22. The number of carbonyl (C=O) groups is 1. The van der Waals surface area contributed by atoms with Crippen LogP contribution in [0.25, 0.3) is 0 Å². The first kappa shape index (κ1) is 9.81. The van der Waals surface area contributed by atoms with Crippen LogP contribution in [-0.4, -0.2) is 40.5 Å². The maximum Gasteiger partial charge on any atom is 0.324 e. The van der Waals surface area contributed by atoms with Gasteiger partial charge in [-0.2, -0.15) is 0 Å². The highest BCUT2D eigenvalue weighted by molar-refractivity contribution is 6.33. The molecular formula is C8H14ClNO2. The van der Waals surface area contributed by atoms with Crippen LogP contribution in [0.1, 0.15) is 19.8 Å². The van der Waals surface area contributed by atoms with Gasteiger partial charge in [-0.25, -0.2) is 0 Å². The molecule has 0 spiro atoms. The Hall–Kier alpha value is -0.280. The third-order valence-corrected chi connectivity index (χ3v) is 3.02. The van der Waals surface area contributed by atoms with Crippen molar-refractivity contribution in [3.8, 4) is 0 Å². The SMILES string of the molecule is CCN1CCC(Cl)(C(=O)O)CC1. The van der Waals surface area contributed by atoms with Crippen LogP contribution in [0.15, 0.2) is 0 Å². The van der Waals surface area contributed by atoms with Crippen LogP contribution < -0.4 is 0 Å². The molecule has 0 aromatic rings. The zero-order chi connectivity index (χ0) is 9.19. The maximum absolute atomic E-state index is 10.7. The molecule has 3 nitrogen and oxygen atoms in total. The van der Waals surface area contributed by atoms with Gasteiger partial charge >= 0.3 is 5.97 Å². The Morgan fingerprint density at radius 2 is 2.08 bits per heavy atom. The molecule has 1 aliphatic heterocycles. The average molecular weight is 192 g/mol. The Morgan fingerprint density at radius 1 is 1.58 bits per heavy atom. The van der Waals surface area contributed by atoms with Gasteiger partial charge < -0.3 is 10.0 Å². The molecule has 1 N–H and O–H groups in total. The number of halogens is 1. The molecule has 1 rings (SSSR count). The largest absolute Gasteiger partial charge is 0.480 e. The summed E-state index contributed by atoms with van der Waals surface area (Å²) in [6.45, 7) is 4.65. The van der Waals surface area contributed by atoms with Gasteiger partial charge in [0, 0.05) is 13.1 Å². The summed E-state index contributed by atoms with van der Waals surface area (Å²) in [5.41, 5.74) is 0. The number of carboxylic acid groups (broad SMARTS) is 1. The molecule has 1 fully saturated rings. The van der Waals surface area contributed by atoms with Gasteiger partial charge in [0.2, 0.25) is 0 Å². The molecule has 1 saturated heterocycles. The molecular weight excluding hydrogens is 178 g/mol. The van der Waals surface area contributed by atoms with Crippen molar-refractivity contribution in [1.82, 2.24) is 4.90 Å². The number of hydrogen-bond donors (Lipinski definition) is 1. The van der Waals surface area contributed by atoms with Crippen LogP contribution in [-0.2, 0) is 4.79 Å². The summed E-state index contributed by atoms with van der Waals surface area (Å²) in [6, 6.07) is 0. The van der Waals surface area contributed by atoms with Gasteiger partial charge in [0.1, 0.15) is 4.87 Å². The maximum atomic E-state index is 10.7. The molecule has 0 saturated carbocycles. The summed E-state index contributed by atoms with van der Waals surface area (Å²) in [6.07, 6.45) is 1.11. The molecule has 12 heavy (non-hydrogen) atoms. The summed E-state index contributed by atoms with van der Waals surface area (Å²) in [5.74, 6) is -0.875. The highest BCUT2D eigenvalue weighted by Crippen LogP contribution is 2.29. The lowest BCUT2D eigenvalue weighted by Gasteiger charge is -2.33. The van der Waals surface area contributed by atoms with E-state index in [4.69, 9.17) is 16.7 Å². The Labute approximate surface area is 77.3 Å². The van der Waals surface area contributed by atoms with Gasteiger partial charge in [0.15, 0.2) is 0 Å². The molecule has 0 atom stereocenters. The minimum absolute atomic E-state index is 0.553. The predicted octanol–water partition coefficient (Wildman–Crippen LogP) is 1.16. The van der Waals surface area contributed by atoms with Gasteiger partial charge in [-0.15, -0.1) is 11.6 Å². The lowest BCUT2D eigenvalue weighted by atomic mass is 9.96. The van der Waals surface area contributed by atoms with Crippen molar-refractivity contribution in [3.05, 3.63) is 0 Å². The molecule has 1 heterocycles. The van der Waals surface area contributed by atoms with Gasteiger partial charge in [-0.3, -0.25) is 4.79 Å². The second-order valence-electron chi connectivity index (χ2n) is 3.20. The van der Waals surface area contributed by atoms with Crippen molar-refractivity contribution < 1.29 is 9.90 Å². The van der Waals surface area contributed by atoms with Crippen molar-refractivity contribution in [1.29, 1.82) is 0 Å². The average Bonchev–Trinajstić information content (AvgIpc) is 2.06. The van der Waals surface area contributed by atoms with E-state index in [1.54, 1.807) is 0 Å². The van der Waals surface area contributed by atoms with Crippen molar-refractivity contribution >= 4 is 17.6 Å². The van der Waals surface area contributed by atoms with Crippen LogP contribution in [0.4, 0.5) is 0 Å². The Morgan fingerprint density at radius 3 is 2.42 bits per heavy atom. The third-order valence-electron chi connectivity index (χ3n) is 2.48. The van der Waals surface area contributed by atoms with Crippen molar-refractivity contribution in [2.75, 3.05) is 19.6 Å². The topological polar surface area (TPSA) is 40.5 Å². The van der Waals surface area contributed by atoms with Gasteiger partial charge in [0.25, 0.3) is 0 Å². The molecule has 0 amide bonds. The highest BCUT2D eigenvalue weighted by Gasteiger charge is 2.39. The fourth-order valence-electron chi connectivity index (χ4n) is 1.44. The van der Waals surface area contributed by atoms with E-state index in [2.05, 4.69) is 11.8 Å². The first-order chi connectivity index (χ1) is 5.58. The zero-order valence-corrected chi connectivity index (χ0v) is 7.97. The van der Waals surface area contributed by atoms with E-state index in [0.29, 0.717) is 12.8 Å². The first-order valence-electron chi connectivity index (χ1n) is 4.23. The normalized spacial score (nSPS) is 23.8. The van der Waals surface area contributed by atoms with Crippen molar-refractivity contribution in [3.63, 3.8) is 0 Å². The van der Waals surface area contributed by atoms with Crippen molar-refractivity contribution in [2.24, 2.45) is 0 Å². The molecule has 0 bridgehead atoms. The van der Waals surface area contributed by atoms with Crippen LogP contribution in [0.3, 0.4) is 0 Å². The number of piperidine rings is 1. The number of rotatable bonds is 2. The Kier molecular flexibility index (Phi) is 2.96. The third kappa shape index (κ3) is 1.90. The quantitative estimate of drug-likeness (QED) is 0.667. The second kappa shape index (κ2) is 3.62. The minimum Gasteiger partial charge on any atom is -0.480 e. The van der Waals surface area contributed by atoms with Crippen LogP contribution in [0.5, 0.6) is 0 Å². The number of likely N-dealkylation sites (tertiary alicyclic amines) is 1. The molecule has 0 aliphatic carbocycles. The van der Waals surface area contributed by atoms with Gasteiger partial charge in [-0.05, 0) is 19.4 Å². The standard InChI is InChI=1S/C8H14ClNO2/c1-2-10-5-3-8(9,4-6-10)7(11)12/h2-6H2,1H3,(H,11,12). The van der Waals surface area contributed by atoms with E-state index >= 15 is 0 Å². The summed E-state index contributed by atoms with van der Waals surface area (Å²) >= 11 is 5.91. The molecule has 4 heteroatoms. The number of nitrogens with zero attached hydrogens (tertiary/aromatic N) is 1. The molecule has 0 aromatic carbocycles. The van der Waals surface area contributed by atoms with Gasteiger partial charge in [0.05, 0.1) is 0 Å². The number of aliphatic carboxylic acids is 1.